The normalized spacial score (nSPS) is 10.5. The molecular weight excluding hydrogens is 378 g/mol. The Labute approximate surface area is 157 Å². The number of nitrogens with zero attached hydrogens (tertiary/aromatic N) is 4. The largest absolute Gasteiger partial charge is 0.478 e. The van der Waals surface area contributed by atoms with E-state index >= 15 is 0 Å². The number of para-hydroxylation sites is 1. The molecule has 10 heteroatoms. The van der Waals surface area contributed by atoms with Crippen LogP contribution >= 0.6 is 23.4 Å². The maximum absolute atomic E-state index is 12.2. The van der Waals surface area contributed by atoms with Crippen molar-refractivity contribution in [1.82, 2.24) is 20.2 Å². The third kappa shape index (κ3) is 4.19. The SMILES string of the molecule is O=C(CSc1nnnn1-c1ccccc1)Nc1cc(Cl)ccc1C(=O)O. The van der Waals surface area contributed by atoms with Gasteiger partial charge in [-0.15, -0.1) is 5.10 Å². The summed E-state index contributed by atoms with van der Waals surface area (Å²) in [5, 5.41) is 23.9. The van der Waals surface area contributed by atoms with Gasteiger partial charge < -0.3 is 10.4 Å². The summed E-state index contributed by atoms with van der Waals surface area (Å²) in [6.07, 6.45) is 0. The smallest absolute Gasteiger partial charge is 0.337 e. The first-order valence-electron chi connectivity index (χ1n) is 7.34. The average Bonchev–Trinajstić information content (AvgIpc) is 3.09. The highest BCUT2D eigenvalue weighted by molar-refractivity contribution is 7.99. The van der Waals surface area contributed by atoms with Crippen LogP contribution in [0.25, 0.3) is 5.69 Å². The van der Waals surface area contributed by atoms with E-state index in [1.54, 1.807) is 0 Å². The van der Waals surface area contributed by atoms with Gasteiger partial charge in [0, 0.05) is 5.02 Å². The molecule has 0 aliphatic carbocycles. The molecule has 1 amide bonds. The number of benzene rings is 2. The molecule has 1 heterocycles. The Morgan fingerprint density at radius 1 is 1.19 bits per heavy atom. The Hall–Kier alpha value is -2.91. The molecule has 132 valence electrons. The van der Waals surface area contributed by atoms with Gasteiger partial charge in [0.15, 0.2) is 0 Å². The summed E-state index contributed by atoms with van der Waals surface area (Å²) in [6, 6.07) is 13.4. The van der Waals surface area contributed by atoms with Gasteiger partial charge in [0.1, 0.15) is 0 Å². The van der Waals surface area contributed by atoms with Crippen molar-refractivity contribution in [2.24, 2.45) is 0 Å². The molecule has 2 aromatic carbocycles. The number of carbonyl (C=O) groups excluding carboxylic acids is 1. The van der Waals surface area contributed by atoms with Crippen LogP contribution in [0.3, 0.4) is 0 Å². The fraction of sp³-hybridized carbons (Fsp3) is 0.0625. The Morgan fingerprint density at radius 2 is 1.96 bits per heavy atom. The maximum Gasteiger partial charge on any atom is 0.337 e. The molecule has 0 saturated heterocycles. The van der Waals surface area contributed by atoms with Gasteiger partial charge in [0.2, 0.25) is 11.1 Å². The highest BCUT2D eigenvalue weighted by atomic mass is 35.5. The Kier molecular flexibility index (Phi) is 5.49. The molecule has 0 aliphatic rings. The Balaban J connectivity index is 1.69. The number of tetrazole rings is 1. The molecule has 0 spiro atoms. The molecule has 1 aromatic heterocycles. The number of hydrogen-bond acceptors (Lipinski definition) is 6. The van der Waals surface area contributed by atoms with E-state index in [1.165, 1.54) is 22.9 Å². The van der Waals surface area contributed by atoms with Crippen molar-refractivity contribution in [3.05, 3.63) is 59.1 Å². The van der Waals surface area contributed by atoms with Crippen molar-refractivity contribution in [3.63, 3.8) is 0 Å². The first-order valence-corrected chi connectivity index (χ1v) is 8.70. The van der Waals surface area contributed by atoms with Crippen LogP contribution in [0.15, 0.2) is 53.7 Å². The van der Waals surface area contributed by atoms with Crippen molar-refractivity contribution in [2.75, 3.05) is 11.1 Å². The van der Waals surface area contributed by atoms with Crippen LogP contribution in [0.2, 0.25) is 5.02 Å². The zero-order valence-corrected chi connectivity index (χ0v) is 14.7. The molecule has 0 unspecified atom stereocenters. The zero-order chi connectivity index (χ0) is 18.5. The van der Waals surface area contributed by atoms with Crippen molar-refractivity contribution >= 4 is 40.9 Å². The first kappa shape index (κ1) is 17.9. The minimum Gasteiger partial charge on any atom is -0.478 e. The fourth-order valence-corrected chi connectivity index (χ4v) is 2.99. The molecule has 0 saturated carbocycles. The van der Waals surface area contributed by atoms with Crippen molar-refractivity contribution < 1.29 is 14.7 Å². The molecular formula is C16H12ClN5O3S. The van der Waals surface area contributed by atoms with E-state index in [1.807, 2.05) is 30.3 Å². The Bertz CT molecular complexity index is 948. The number of carboxylic acids is 1. The van der Waals surface area contributed by atoms with Gasteiger partial charge in [-0.05, 0) is 40.8 Å². The minimum atomic E-state index is -1.15. The van der Waals surface area contributed by atoms with Crippen molar-refractivity contribution in [3.8, 4) is 5.69 Å². The molecule has 2 N–H and O–H groups in total. The average molecular weight is 390 g/mol. The number of aromatic nitrogens is 4. The van der Waals surface area contributed by atoms with Crippen LogP contribution < -0.4 is 5.32 Å². The number of rotatable bonds is 6. The summed E-state index contributed by atoms with van der Waals surface area (Å²) in [6.45, 7) is 0. The van der Waals surface area contributed by atoms with Crippen molar-refractivity contribution in [2.45, 2.75) is 5.16 Å². The second-order valence-corrected chi connectivity index (χ2v) is 6.42. The lowest BCUT2D eigenvalue weighted by Gasteiger charge is -2.09. The number of halogens is 1. The third-order valence-electron chi connectivity index (χ3n) is 3.26. The van der Waals surface area contributed by atoms with Gasteiger partial charge in [-0.1, -0.05) is 41.6 Å². The molecule has 0 aliphatic heterocycles. The third-order valence-corrected chi connectivity index (χ3v) is 4.41. The summed E-state index contributed by atoms with van der Waals surface area (Å²) in [4.78, 5) is 23.4. The van der Waals surface area contributed by atoms with Crippen LogP contribution in [0.4, 0.5) is 5.69 Å². The van der Waals surface area contributed by atoms with Crippen LogP contribution in [0.1, 0.15) is 10.4 Å². The van der Waals surface area contributed by atoms with Crippen molar-refractivity contribution in [1.29, 1.82) is 0 Å². The lowest BCUT2D eigenvalue weighted by atomic mass is 10.2. The summed E-state index contributed by atoms with van der Waals surface area (Å²) < 4.78 is 1.51. The number of carboxylic acid groups (broad SMARTS) is 1. The van der Waals surface area contributed by atoms with Gasteiger partial charge in [-0.25, -0.2) is 4.79 Å². The second kappa shape index (κ2) is 7.98. The highest BCUT2D eigenvalue weighted by Crippen LogP contribution is 2.22. The molecule has 8 nitrogen and oxygen atoms in total. The maximum atomic E-state index is 12.2. The minimum absolute atomic E-state index is 0.00121. The molecule has 26 heavy (non-hydrogen) atoms. The van der Waals surface area contributed by atoms with E-state index in [0.717, 1.165) is 17.4 Å². The fourth-order valence-electron chi connectivity index (χ4n) is 2.12. The molecule has 0 radical (unpaired) electrons. The van der Waals surface area contributed by atoms with E-state index in [0.29, 0.717) is 10.2 Å². The molecule has 0 bridgehead atoms. The van der Waals surface area contributed by atoms with E-state index in [4.69, 9.17) is 11.6 Å². The van der Waals surface area contributed by atoms with Crippen LogP contribution in [0.5, 0.6) is 0 Å². The van der Waals surface area contributed by atoms with Crippen LogP contribution in [-0.2, 0) is 4.79 Å². The van der Waals surface area contributed by atoms with E-state index in [9.17, 15) is 14.7 Å². The highest BCUT2D eigenvalue weighted by Gasteiger charge is 2.15. The van der Waals surface area contributed by atoms with Gasteiger partial charge in [-0.2, -0.15) is 4.68 Å². The quantitative estimate of drug-likeness (QED) is 0.623. The number of amides is 1. The summed E-state index contributed by atoms with van der Waals surface area (Å²) in [5.74, 6) is -1.56. The molecule has 0 atom stereocenters. The summed E-state index contributed by atoms with van der Waals surface area (Å²) >= 11 is 7.00. The standard InChI is InChI=1S/C16H12ClN5O3S/c17-10-6-7-12(15(24)25)13(8-10)18-14(23)9-26-16-19-20-21-22(16)11-4-2-1-3-5-11/h1-8H,9H2,(H,18,23)(H,24,25). The second-order valence-electron chi connectivity index (χ2n) is 5.04. The number of carbonyl (C=O) groups is 2. The predicted molar refractivity (Wildman–Crippen MR) is 96.9 cm³/mol. The Morgan fingerprint density at radius 3 is 2.69 bits per heavy atom. The lowest BCUT2D eigenvalue weighted by Crippen LogP contribution is -2.17. The van der Waals surface area contributed by atoms with E-state index in [2.05, 4.69) is 20.8 Å². The van der Waals surface area contributed by atoms with Crippen LogP contribution in [0, 0.1) is 0 Å². The molecule has 3 rings (SSSR count). The van der Waals surface area contributed by atoms with Gasteiger partial charge in [0.05, 0.1) is 22.7 Å². The monoisotopic (exact) mass is 389 g/mol. The van der Waals surface area contributed by atoms with E-state index in [-0.39, 0.29) is 17.0 Å². The number of hydrogen-bond donors (Lipinski definition) is 2. The van der Waals surface area contributed by atoms with Gasteiger partial charge in [0.25, 0.3) is 0 Å². The van der Waals surface area contributed by atoms with Gasteiger partial charge >= 0.3 is 5.97 Å². The van der Waals surface area contributed by atoms with Gasteiger partial charge in [-0.3, -0.25) is 4.79 Å². The molecule has 3 aromatic rings. The predicted octanol–water partition coefficient (Wildman–Crippen LogP) is 2.74. The number of nitrogens with one attached hydrogen (secondary N) is 1. The van der Waals surface area contributed by atoms with E-state index < -0.39 is 11.9 Å². The number of aromatic carboxylic acids is 1. The number of anilines is 1. The lowest BCUT2D eigenvalue weighted by molar-refractivity contribution is -0.113. The topological polar surface area (TPSA) is 110 Å². The first-order chi connectivity index (χ1) is 12.5. The molecule has 0 fully saturated rings. The van der Waals surface area contributed by atoms with Crippen LogP contribution in [-0.4, -0.2) is 42.9 Å². The number of thioether (sulfide) groups is 1. The summed E-state index contributed by atoms with van der Waals surface area (Å²) in [7, 11) is 0. The summed E-state index contributed by atoms with van der Waals surface area (Å²) in [5.41, 5.74) is 0.864. The zero-order valence-electron chi connectivity index (χ0n) is 13.2.